The van der Waals surface area contributed by atoms with Gasteiger partial charge in [0.1, 0.15) is 11.2 Å². The van der Waals surface area contributed by atoms with Crippen LogP contribution in [0.5, 0.6) is 0 Å². The van der Waals surface area contributed by atoms with Crippen LogP contribution in [0, 0.1) is 0 Å². The fourth-order valence-corrected chi connectivity index (χ4v) is 5.32. The minimum absolute atomic E-state index is 0.485. The van der Waals surface area contributed by atoms with Gasteiger partial charge in [0.2, 0.25) is 0 Å². The first-order valence-corrected chi connectivity index (χ1v) is 13.3. The quantitative estimate of drug-likeness (QED) is 0.229. The molecule has 0 fully saturated rings. The van der Waals surface area contributed by atoms with Gasteiger partial charge in [0.15, 0.2) is 11.3 Å². The minimum atomic E-state index is 0.485. The van der Waals surface area contributed by atoms with Crippen LogP contribution in [-0.2, 0) is 0 Å². The van der Waals surface area contributed by atoms with Gasteiger partial charge in [-0.25, -0.2) is 19.9 Å². The van der Waals surface area contributed by atoms with Crippen LogP contribution in [0.2, 0.25) is 0 Å². The molecule has 0 aliphatic heterocycles. The molecule has 0 aliphatic rings. The first-order valence-electron chi connectivity index (χ1n) is 13.3. The number of nitrogens with zero attached hydrogens (tertiary/aromatic N) is 5. The molecule has 0 saturated carbocycles. The molecule has 0 saturated heterocycles. The van der Waals surface area contributed by atoms with Gasteiger partial charge in [-0.15, -0.1) is 0 Å². The van der Waals surface area contributed by atoms with Crippen LogP contribution in [0.3, 0.4) is 0 Å². The van der Waals surface area contributed by atoms with Crippen LogP contribution in [0.15, 0.2) is 132 Å². The molecule has 4 aromatic carbocycles. The lowest BCUT2D eigenvalue weighted by atomic mass is 9.98. The van der Waals surface area contributed by atoms with Gasteiger partial charge < -0.3 is 4.42 Å². The summed E-state index contributed by atoms with van der Waals surface area (Å²) < 4.78 is 6.04. The summed E-state index contributed by atoms with van der Waals surface area (Å²) in [6.07, 6.45) is 5.35. The summed E-state index contributed by atoms with van der Waals surface area (Å²) in [4.78, 5) is 24.1. The van der Waals surface area contributed by atoms with Crippen LogP contribution < -0.4 is 0 Å². The van der Waals surface area contributed by atoms with Crippen molar-refractivity contribution in [2.45, 2.75) is 0 Å². The summed E-state index contributed by atoms with van der Waals surface area (Å²) in [7, 11) is 0. The molecule has 0 unspecified atom stereocenters. The van der Waals surface area contributed by atoms with Crippen molar-refractivity contribution in [1.29, 1.82) is 0 Å². The number of fused-ring (bicyclic) bond motifs is 4. The van der Waals surface area contributed by atoms with E-state index in [2.05, 4.69) is 35.3 Å². The first-order chi connectivity index (χ1) is 20.3. The number of aromatic nitrogens is 5. The second-order valence-electron chi connectivity index (χ2n) is 9.79. The van der Waals surface area contributed by atoms with E-state index in [1.54, 1.807) is 12.4 Å². The molecule has 8 aromatic rings. The number of benzene rings is 4. The standard InChI is InChI=1S/C35H21N5O/c1-3-9-22(10-4-1)25-13-7-8-14-26(25)29-21-37-34-35(38-29)40-33(32(39-34)23-11-5-2-6-12-23)24-15-16-30-27(19-24)28-20-36-18-17-31(28)41-30/h1-21H. The Bertz CT molecular complexity index is 2210. The molecule has 0 N–H and O–H groups in total. The largest absolute Gasteiger partial charge is 0.456 e. The van der Waals surface area contributed by atoms with Crippen molar-refractivity contribution in [2.75, 3.05) is 0 Å². The number of rotatable bonds is 4. The van der Waals surface area contributed by atoms with Crippen molar-refractivity contribution in [3.63, 3.8) is 0 Å². The second kappa shape index (κ2) is 9.47. The predicted octanol–water partition coefficient (Wildman–Crippen LogP) is 8.38. The highest BCUT2D eigenvalue weighted by molar-refractivity contribution is 6.06. The van der Waals surface area contributed by atoms with Gasteiger partial charge in [-0.1, -0.05) is 84.9 Å². The zero-order chi connectivity index (χ0) is 27.2. The van der Waals surface area contributed by atoms with Crippen molar-refractivity contribution in [3.8, 4) is 44.9 Å². The van der Waals surface area contributed by atoms with Crippen LogP contribution in [-0.4, -0.2) is 24.9 Å². The van der Waals surface area contributed by atoms with Gasteiger partial charge in [-0.3, -0.25) is 4.98 Å². The third-order valence-corrected chi connectivity index (χ3v) is 7.27. The number of hydrogen-bond donors (Lipinski definition) is 0. The van der Waals surface area contributed by atoms with Crippen LogP contribution in [0.1, 0.15) is 0 Å². The predicted molar refractivity (Wildman–Crippen MR) is 162 cm³/mol. The molecule has 6 heteroatoms. The van der Waals surface area contributed by atoms with Gasteiger partial charge >= 0.3 is 0 Å². The second-order valence-corrected chi connectivity index (χ2v) is 9.79. The average Bonchev–Trinajstić information content (AvgIpc) is 3.43. The lowest BCUT2D eigenvalue weighted by molar-refractivity contribution is 0.668. The summed E-state index contributed by atoms with van der Waals surface area (Å²) in [5.41, 5.74) is 9.85. The van der Waals surface area contributed by atoms with E-state index in [0.717, 1.165) is 66.8 Å². The Morgan fingerprint density at radius 1 is 0.488 bits per heavy atom. The molecule has 4 aromatic heterocycles. The topological polar surface area (TPSA) is 77.6 Å². The smallest absolute Gasteiger partial charge is 0.199 e. The Labute approximate surface area is 235 Å². The van der Waals surface area contributed by atoms with Gasteiger partial charge in [-0.2, -0.15) is 0 Å². The van der Waals surface area contributed by atoms with Crippen LogP contribution in [0.4, 0.5) is 0 Å². The molecule has 0 bridgehead atoms. The van der Waals surface area contributed by atoms with Gasteiger partial charge in [0, 0.05) is 39.9 Å². The molecule has 0 aliphatic carbocycles. The molecule has 0 atom stereocenters. The van der Waals surface area contributed by atoms with Gasteiger partial charge in [0.25, 0.3) is 0 Å². The van der Waals surface area contributed by atoms with E-state index in [1.165, 1.54) is 0 Å². The highest BCUT2D eigenvalue weighted by Crippen LogP contribution is 2.36. The molecule has 4 heterocycles. The van der Waals surface area contributed by atoms with Crippen molar-refractivity contribution in [3.05, 3.63) is 128 Å². The summed E-state index contributed by atoms with van der Waals surface area (Å²) >= 11 is 0. The molecule has 41 heavy (non-hydrogen) atoms. The number of hydrogen-bond acceptors (Lipinski definition) is 6. The summed E-state index contributed by atoms with van der Waals surface area (Å²) in [6, 6.07) is 36.5. The van der Waals surface area contributed by atoms with Crippen molar-refractivity contribution in [1.82, 2.24) is 24.9 Å². The van der Waals surface area contributed by atoms with E-state index in [9.17, 15) is 0 Å². The maximum Gasteiger partial charge on any atom is 0.199 e. The monoisotopic (exact) mass is 527 g/mol. The van der Waals surface area contributed by atoms with Crippen molar-refractivity contribution in [2.24, 2.45) is 0 Å². The number of pyridine rings is 1. The van der Waals surface area contributed by atoms with Crippen molar-refractivity contribution >= 4 is 33.2 Å². The maximum atomic E-state index is 6.04. The SMILES string of the molecule is c1ccc(-c2ccccc2-c2cnc3nc(-c4ccccc4)c(-c4ccc5oc6ccncc6c5c4)nc3n2)cc1. The lowest BCUT2D eigenvalue weighted by Gasteiger charge is -2.12. The summed E-state index contributed by atoms with van der Waals surface area (Å²) in [5.74, 6) is 0. The van der Waals surface area contributed by atoms with Crippen LogP contribution in [0.25, 0.3) is 78.1 Å². The Balaban J connectivity index is 1.35. The molecular weight excluding hydrogens is 506 g/mol. The van der Waals surface area contributed by atoms with E-state index < -0.39 is 0 Å². The Hall–Kier alpha value is -5.75. The number of furan rings is 1. The zero-order valence-corrected chi connectivity index (χ0v) is 21.8. The highest BCUT2D eigenvalue weighted by atomic mass is 16.3. The third-order valence-electron chi connectivity index (χ3n) is 7.27. The average molecular weight is 528 g/mol. The lowest BCUT2D eigenvalue weighted by Crippen LogP contribution is -2.00. The summed E-state index contributed by atoms with van der Waals surface area (Å²) in [6.45, 7) is 0. The third kappa shape index (κ3) is 4.01. The zero-order valence-electron chi connectivity index (χ0n) is 21.8. The molecule has 8 rings (SSSR count). The van der Waals surface area contributed by atoms with Crippen LogP contribution >= 0.6 is 0 Å². The first kappa shape index (κ1) is 23.2. The molecule has 0 amide bonds. The molecule has 0 radical (unpaired) electrons. The van der Waals surface area contributed by atoms with Gasteiger partial charge in [-0.05, 0) is 35.4 Å². The Morgan fingerprint density at radius 2 is 1.17 bits per heavy atom. The van der Waals surface area contributed by atoms with E-state index >= 15 is 0 Å². The molecular formula is C35H21N5O. The fraction of sp³-hybridized carbons (Fsp3) is 0. The Morgan fingerprint density at radius 3 is 2.00 bits per heavy atom. The maximum absolute atomic E-state index is 6.04. The van der Waals surface area contributed by atoms with Crippen molar-refractivity contribution < 1.29 is 4.42 Å². The van der Waals surface area contributed by atoms with Gasteiger partial charge in [0.05, 0.1) is 23.3 Å². The molecule has 6 nitrogen and oxygen atoms in total. The fourth-order valence-electron chi connectivity index (χ4n) is 5.32. The summed E-state index contributed by atoms with van der Waals surface area (Å²) in [5, 5.41) is 1.93. The normalized spacial score (nSPS) is 11.4. The minimum Gasteiger partial charge on any atom is -0.456 e. The highest BCUT2D eigenvalue weighted by Gasteiger charge is 2.18. The Kier molecular flexibility index (Phi) is 5.35. The molecule has 0 spiro atoms. The molecule has 192 valence electrons. The van der Waals surface area contributed by atoms with E-state index in [1.807, 2.05) is 85.1 Å². The van der Waals surface area contributed by atoms with E-state index in [0.29, 0.717) is 11.3 Å². The van der Waals surface area contributed by atoms with E-state index in [-0.39, 0.29) is 0 Å². The van der Waals surface area contributed by atoms with E-state index in [4.69, 9.17) is 24.4 Å².